The Labute approximate surface area is 148 Å². The summed E-state index contributed by atoms with van der Waals surface area (Å²) in [5.41, 5.74) is 6.83. The van der Waals surface area contributed by atoms with Gasteiger partial charge in [-0.3, -0.25) is 4.79 Å². The van der Waals surface area contributed by atoms with Gasteiger partial charge in [-0.1, -0.05) is 13.0 Å². The molecule has 0 aromatic carbocycles. The van der Waals surface area contributed by atoms with Crippen molar-refractivity contribution in [2.75, 3.05) is 6.54 Å². The van der Waals surface area contributed by atoms with Gasteiger partial charge in [-0.05, 0) is 32.4 Å². The van der Waals surface area contributed by atoms with E-state index in [9.17, 15) is 4.79 Å². The quantitative estimate of drug-likeness (QED) is 0.856. The molecule has 23 heavy (non-hydrogen) atoms. The van der Waals surface area contributed by atoms with Crippen molar-refractivity contribution in [3.05, 3.63) is 41.9 Å². The van der Waals surface area contributed by atoms with E-state index >= 15 is 0 Å². The molecule has 6 nitrogen and oxygen atoms in total. The molecular formula is C15H23Cl2N5O. The average molecular weight is 360 g/mol. The van der Waals surface area contributed by atoms with Gasteiger partial charge in [-0.25, -0.2) is 9.67 Å². The first-order valence-corrected chi connectivity index (χ1v) is 6.98. The van der Waals surface area contributed by atoms with Crippen LogP contribution in [0, 0.1) is 0 Å². The van der Waals surface area contributed by atoms with Crippen LogP contribution in [-0.4, -0.2) is 32.8 Å². The Bertz CT molecular complexity index is 623. The zero-order valence-electron chi connectivity index (χ0n) is 13.4. The zero-order valence-corrected chi connectivity index (χ0v) is 15.1. The van der Waals surface area contributed by atoms with Gasteiger partial charge in [0.25, 0.3) is 5.91 Å². The molecule has 0 saturated heterocycles. The van der Waals surface area contributed by atoms with E-state index in [0.717, 1.165) is 5.69 Å². The highest BCUT2D eigenvalue weighted by Gasteiger charge is 2.19. The van der Waals surface area contributed by atoms with Gasteiger partial charge in [-0.2, -0.15) is 5.10 Å². The molecular weight excluding hydrogens is 337 g/mol. The van der Waals surface area contributed by atoms with Crippen LogP contribution < -0.4 is 11.1 Å². The molecule has 0 aliphatic heterocycles. The molecule has 3 N–H and O–H groups in total. The van der Waals surface area contributed by atoms with Crippen molar-refractivity contribution in [2.45, 2.75) is 32.7 Å². The lowest BCUT2D eigenvalue weighted by Crippen LogP contribution is -2.45. The van der Waals surface area contributed by atoms with E-state index in [4.69, 9.17) is 5.73 Å². The van der Waals surface area contributed by atoms with Crippen LogP contribution in [0.5, 0.6) is 0 Å². The normalized spacial score (nSPS) is 10.4. The third-order valence-corrected chi connectivity index (χ3v) is 3.02. The number of carbonyl (C=O) groups excluding carboxylic acids is 1. The highest BCUT2D eigenvalue weighted by molar-refractivity contribution is 5.95. The number of nitrogens with two attached hydrogens (primary N) is 1. The maximum absolute atomic E-state index is 12.3. The standard InChI is InChI=1S/C15H21N5O.2ClH/c1-4-12-11(14(21)18-10-15(2,3)16)9-19-20(12)13-7-5-6-8-17-13;;/h5-9H,4,10,16H2,1-3H3,(H,18,21);2*1H. The lowest BCUT2D eigenvalue weighted by molar-refractivity contribution is 0.0945. The van der Waals surface area contributed by atoms with Crippen molar-refractivity contribution in [1.82, 2.24) is 20.1 Å². The van der Waals surface area contributed by atoms with Crippen molar-refractivity contribution in [1.29, 1.82) is 0 Å². The highest BCUT2D eigenvalue weighted by atomic mass is 35.5. The fourth-order valence-electron chi connectivity index (χ4n) is 1.98. The largest absolute Gasteiger partial charge is 0.350 e. The van der Waals surface area contributed by atoms with Gasteiger partial charge in [0.15, 0.2) is 5.82 Å². The molecule has 0 spiro atoms. The van der Waals surface area contributed by atoms with Gasteiger partial charge < -0.3 is 11.1 Å². The second kappa shape index (κ2) is 8.86. The molecule has 0 bridgehead atoms. The Morgan fingerprint density at radius 3 is 2.57 bits per heavy atom. The van der Waals surface area contributed by atoms with Gasteiger partial charge in [0.1, 0.15) is 0 Å². The molecule has 0 unspecified atom stereocenters. The van der Waals surface area contributed by atoms with Crippen LogP contribution in [0.3, 0.4) is 0 Å². The molecule has 0 aliphatic rings. The van der Waals surface area contributed by atoms with E-state index in [0.29, 0.717) is 24.3 Å². The predicted octanol–water partition coefficient (Wildman–Crippen LogP) is 2.14. The fraction of sp³-hybridized carbons (Fsp3) is 0.400. The molecule has 1 amide bonds. The van der Waals surface area contributed by atoms with Gasteiger partial charge in [0.05, 0.1) is 17.5 Å². The molecule has 128 valence electrons. The summed E-state index contributed by atoms with van der Waals surface area (Å²) < 4.78 is 1.70. The van der Waals surface area contributed by atoms with E-state index in [2.05, 4.69) is 15.4 Å². The zero-order chi connectivity index (χ0) is 15.5. The number of rotatable bonds is 5. The lowest BCUT2D eigenvalue weighted by atomic mass is 10.1. The molecule has 0 radical (unpaired) electrons. The molecule has 2 rings (SSSR count). The summed E-state index contributed by atoms with van der Waals surface area (Å²) in [5, 5.41) is 7.13. The second-order valence-corrected chi connectivity index (χ2v) is 5.63. The predicted molar refractivity (Wildman–Crippen MR) is 95.8 cm³/mol. The van der Waals surface area contributed by atoms with Crippen LogP contribution in [-0.2, 0) is 6.42 Å². The number of hydrogen-bond acceptors (Lipinski definition) is 4. The van der Waals surface area contributed by atoms with Gasteiger partial charge >= 0.3 is 0 Å². The maximum Gasteiger partial charge on any atom is 0.254 e. The summed E-state index contributed by atoms with van der Waals surface area (Å²) in [5.74, 6) is 0.542. The van der Waals surface area contributed by atoms with Crippen LogP contribution in [0.15, 0.2) is 30.6 Å². The van der Waals surface area contributed by atoms with Crippen LogP contribution in [0.4, 0.5) is 0 Å². The second-order valence-electron chi connectivity index (χ2n) is 5.63. The van der Waals surface area contributed by atoms with E-state index in [1.165, 1.54) is 0 Å². The van der Waals surface area contributed by atoms with E-state index in [-0.39, 0.29) is 30.7 Å². The van der Waals surface area contributed by atoms with E-state index in [1.54, 1.807) is 17.1 Å². The lowest BCUT2D eigenvalue weighted by Gasteiger charge is -2.18. The minimum Gasteiger partial charge on any atom is -0.350 e. The molecule has 0 aliphatic carbocycles. The van der Waals surface area contributed by atoms with Crippen molar-refractivity contribution in [3.8, 4) is 5.82 Å². The minimum absolute atomic E-state index is 0. The summed E-state index contributed by atoms with van der Waals surface area (Å²) in [7, 11) is 0. The third kappa shape index (κ3) is 5.49. The summed E-state index contributed by atoms with van der Waals surface area (Å²) >= 11 is 0. The van der Waals surface area contributed by atoms with Crippen LogP contribution in [0.25, 0.3) is 5.82 Å². The minimum atomic E-state index is -0.445. The SMILES string of the molecule is CCc1c(C(=O)NCC(C)(C)N)cnn1-c1ccccn1.Cl.Cl. The Balaban J connectivity index is 0.00000242. The van der Waals surface area contributed by atoms with Crippen LogP contribution >= 0.6 is 24.8 Å². The van der Waals surface area contributed by atoms with Crippen molar-refractivity contribution in [2.24, 2.45) is 5.73 Å². The van der Waals surface area contributed by atoms with Crippen molar-refractivity contribution in [3.63, 3.8) is 0 Å². The number of halogens is 2. The first-order valence-electron chi connectivity index (χ1n) is 6.98. The summed E-state index contributed by atoms with van der Waals surface area (Å²) in [6.07, 6.45) is 3.96. The van der Waals surface area contributed by atoms with E-state index < -0.39 is 5.54 Å². The number of carbonyl (C=O) groups is 1. The smallest absolute Gasteiger partial charge is 0.254 e. The molecule has 0 saturated carbocycles. The van der Waals surface area contributed by atoms with Gasteiger partial charge in [0, 0.05) is 18.3 Å². The topological polar surface area (TPSA) is 85.8 Å². The number of hydrogen-bond donors (Lipinski definition) is 2. The van der Waals surface area contributed by atoms with Gasteiger partial charge in [0.2, 0.25) is 0 Å². The number of aromatic nitrogens is 3. The molecule has 2 aromatic heterocycles. The first kappa shape index (κ1) is 21.4. The molecule has 0 atom stereocenters. The summed E-state index contributed by atoms with van der Waals surface area (Å²) in [6.45, 7) is 6.13. The van der Waals surface area contributed by atoms with Crippen LogP contribution in [0.1, 0.15) is 36.8 Å². The average Bonchev–Trinajstić information content (AvgIpc) is 2.88. The number of nitrogens with one attached hydrogen (secondary N) is 1. The van der Waals surface area contributed by atoms with E-state index in [1.807, 2.05) is 39.0 Å². The Hall–Kier alpha value is -1.63. The highest BCUT2D eigenvalue weighted by Crippen LogP contribution is 2.14. The molecule has 0 fully saturated rings. The number of nitrogens with zero attached hydrogens (tertiary/aromatic N) is 3. The Morgan fingerprint density at radius 1 is 1.35 bits per heavy atom. The number of amides is 1. The van der Waals surface area contributed by atoms with Gasteiger partial charge in [-0.15, -0.1) is 24.8 Å². The molecule has 2 heterocycles. The fourth-order valence-corrected chi connectivity index (χ4v) is 1.98. The monoisotopic (exact) mass is 359 g/mol. The van der Waals surface area contributed by atoms with Crippen molar-refractivity contribution >= 4 is 30.7 Å². The Morgan fingerprint density at radius 2 is 2.04 bits per heavy atom. The summed E-state index contributed by atoms with van der Waals surface area (Å²) in [4.78, 5) is 16.5. The Kier molecular flexibility index (Phi) is 8.23. The molecule has 8 heteroatoms. The first-order chi connectivity index (χ1) is 9.92. The summed E-state index contributed by atoms with van der Waals surface area (Å²) in [6, 6.07) is 5.59. The third-order valence-electron chi connectivity index (χ3n) is 3.02. The molecule has 2 aromatic rings. The number of pyridine rings is 1. The van der Waals surface area contributed by atoms with Crippen molar-refractivity contribution < 1.29 is 4.79 Å². The maximum atomic E-state index is 12.3. The van der Waals surface area contributed by atoms with Crippen LogP contribution in [0.2, 0.25) is 0 Å².